The molecule has 0 bridgehead atoms. The molecule has 0 aliphatic carbocycles. The predicted octanol–water partition coefficient (Wildman–Crippen LogP) is 5.29. The monoisotopic (exact) mass is 492 g/mol. The lowest BCUT2D eigenvalue weighted by Gasteiger charge is -2.23. The van der Waals surface area contributed by atoms with Gasteiger partial charge in [-0.2, -0.15) is 39.5 Å². The molecule has 1 heterocycles. The van der Waals surface area contributed by atoms with Crippen molar-refractivity contribution in [3.05, 3.63) is 57.4 Å². The molecule has 0 fully saturated rings. The molecular formula is C19H17F9N2O3. The van der Waals surface area contributed by atoms with Crippen LogP contribution in [0.4, 0.5) is 39.5 Å². The van der Waals surface area contributed by atoms with Gasteiger partial charge < -0.3 is 20.5 Å². The van der Waals surface area contributed by atoms with Gasteiger partial charge in [-0.25, -0.2) is 4.79 Å². The number of aliphatic hydroxyl groups excluding tert-OH is 1. The summed E-state index contributed by atoms with van der Waals surface area (Å²) in [5.41, 5.74) is -7.54. The van der Waals surface area contributed by atoms with Crippen LogP contribution in [0, 0.1) is 6.92 Å². The van der Waals surface area contributed by atoms with Gasteiger partial charge in [-0.1, -0.05) is 0 Å². The minimum Gasteiger partial charge on any atom is -0.478 e. The minimum atomic E-state index is -5.15. The van der Waals surface area contributed by atoms with E-state index >= 15 is 0 Å². The van der Waals surface area contributed by atoms with Crippen molar-refractivity contribution >= 4 is 5.97 Å². The van der Waals surface area contributed by atoms with Crippen molar-refractivity contribution in [3.8, 4) is 0 Å². The average Bonchev–Trinajstić information content (AvgIpc) is 3.00. The Kier molecular flexibility index (Phi) is 7.14. The summed E-state index contributed by atoms with van der Waals surface area (Å²) in [6.45, 7) is 1.49. The molecule has 14 heteroatoms. The van der Waals surface area contributed by atoms with Gasteiger partial charge in [0, 0.05) is 24.0 Å². The number of carbonyl (C=O) groups is 1. The fourth-order valence-corrected chi connectivity index (χ4v) is 3.22. The van der Waals surface area contributed by atoms with Crippen LogP contribution in [0.5, 0.6) is 0 Å². The van der Waals surface area contributed by atoms with Crippen molar-refractivity contribution in [2.75, 3.05) is 0 Å². The first-order chi connectivity index (χ1) is 14.8. The molecule has 0 amide bonds. The summed E-state index contributed by atoms with van der Waals surface area (Å²) in [6, 6.07) is -0.840. The number of carboxylic acids is 1. The molecule has 0 saturated carbocycles. The number of hydrogen-bond acceptors (Lipinski definition) is 3. The van der Waals surface area contributed by atoms with Crippen LogP contribution < -0.4 is 5.32 Å². The summed E-state index contributed by atoms with van der Waals surface area (Å²) in [7, 11) is 0. The van der Waals surface area contributed by atoms with E-state index in [1.54, 1.807) is 0 Å². The largest absolute Gasteiger partial charge is 0.478 e. The molecule has 2 atom stereocenters. The van der Waals surface area contributed by atoms with Gasteiger partial charge >= 0.3 is 24.5 Å². The molecule has 0 aliphatic rings. The van der Waals surface area contributed by atoms with E-state index < -0.39 is 76.7 Å². The highest BCUT2D eigenvalue weighted by Crippen LogP contribution is 2.39. The highest BCUT2D eigenvalue weighted by molar-refractivity contribution is 5.91. The van der Waals surface area contributed by atoms with Gasteiger partial charge in [0.25, 0.3) is 0 Å². The standard InChI is InChI=1S/C19H17F9N2O3/c1-7-13(16(32)33)14(19(26,27)28)12(30-7)6-29-8(2)15(31)9-3-10(17(20,21)22)5-11(4-9)18(23,24)25/h3-5,8,15,29-31H,6H2,1-2H3,(H,32,33). The summed E-state index contributed by atoms with van der Waals surface area (Å²) in [6.07, 6.45) is -17.3. The van der Waals surface area contributed by atoms with E-state index in [4.69, 9.17) is 5.11 Å². The Morgan fingerprint density at radius 2 is 1.45 bits per heavy atom. The number of aliphatic hydroxyl groups is 1. The molecule has 33 heavy (non-hydrogen) atoms. The van der Waals surface area contributed by atoms with E-state index in [1.807, 2.05) is 0 Å². The smallest absolute Gasteiger partial charge is 0.419 e. The minimum absolute atomic E-state index is 0.126. The SMILES string of the molecule is Cc1[nH]c(CNC(C)C(O)c2cc(C(F)(F)F)cc(C(F)(F)F)c2)c(C(F)(F)F)c1C(=O)O. The highest BCUT2D eigenvalue weighted by atomic mass is 19.4. The van der Waals surface area contributed by atoms with E-state index in [1.165, 1.54) is 0 Å². The zero-order valence-electron chi connectivity index (χ0n) is 16.8. The maximum atomic E-state index is 13.4. The van der Waals surface area contributed by atoms with Crippen LogP contribution in [0.25, 0.3) is 0 Å². The van der Waals surface area contributed by atoms with Crippen LogP contribution >= 0.6 is 0 Å². The molecule has 4 N–H and O–H groups in total. The summed E-state index contributed by atoms with van der Waals surface area (Å²) < 4.78 is 118. The zero-order valence-corrected chi connectivity index (χ0v) is 16.8. The molecule has 0 aliphatic heterocycles. The number of aromatic amines is 1. The molecule has 184 valence electrons. The molecule has 2 unspecified atom stereocenters. The lowest BCUT2D eigenvalue weighted by atomic mass is 9.97. The molecule has 0 spiro atoms. The summed E-state index contributed by atoms with van der Waals surface area (Å²) in [5.74, 6) is -1.85. The Morgan fingerprint density at radius 1 is 0.970 bits per heavy atom. The number of carboxylic acid groups (broad SMARTS) is 1. The van der Waals surface area contributed by atoms with Crippen molar-refractivity contribution in [3.63, 3.8) is 0 Å². The lowest BCUT2D eigenvalue weighted by Crippen LogP contribution is -2.33. The first-order valence-electron chi connectivity index (χ1n) is 9.06. The van der Waals surface area contributed by atoms with Crippen molar-refractivity contribution in [1.82, 2.24) is 10.3 Å². The Labute approximate surface area is 180 Å². The lowest BCUT2D eigenvalue weighted by molar-refractivity contribution is -0.143. The molecule has 0 saturated heterocycles. The summed E-state index contributed by atoms with van der Waals surface area (Å²) >= 11 is 0. The number of halogens is 9. The Bertz CT molecular complexity index is 991. The fourth-order valence-electron chi connectivity index (χ4n) is 3.22. The van der Waals surface area contributed by atoms with Crippen molar-refractivity contribution in [2.24, 2.45) is 0 Å². The van der Waals surface area contributed by atoms with E-state index in [0.29, 0.717) is 12.1 Å². The molecule has 2 aromatic rings. The van der Waals surface area contributed by atoms with Crippen molar-refractivity contribution in [2.45, 2.75) is 51.1 Å². The Balaban J connectivity index is 2.36. The number of rotatable bonds is 6. The van der Waals surface area contributed by atoms with Crippen molar-refractivity contribution < 1.29 is 54.5 Å². The number of alkyl halides is 9. The van der Waals surface area contributed by atoms with Gasteiger partial charge in [0.2, 0.25) is 0 Å². The van der Waals surface area contributed by atoms with Crippen LogP contribution in [0.2, 0.25) is 0 Å². The number of aryl methyl sites for hydroxylation is 1. The normalized spacial score (nSPS) is 14.9. The second-order valence-electron chi connectivity index (χ2n) is 7.24. The third kappa shape index (κ3) is 5.99. The van der Waals surface area contributed by atoms with Gasteiger partial charge in [-0.3, -0.25) is 0 Å². The predicted molar refractivity (Wildman–Crippen MR) is 95.2 cm³/mol. The van der Waals surface area contributed by atoms with Gasteiger partial charge in [-0.05, 0) is 37.6 Å². The van der Waals surface area contributed by atoms with E-state index in [9.17, 15) is 49.4 Å². The van der Waals surface area contributed by atoms with Gasteiger partial charge in [0.1, 0.15) is 0 Å². The quantitative estimate of drug-likeness (QED) is 0.413. The summed E-state index contributed by atoms with van der Waals surface area (Å²) in [4.78, 5) is 13.4. The second kappa shape index (κ2) is 8.89. The maximum absolute atomic E-state index is 13.4. The molecule has 2 rings (SSSR count). The fraction of sp³-hybridized carbons (Fsp3) is 0.421. The number of H-pyrrole nitrogens is 1. The first-order valence-corrected chi connectivity index (χ1v) is 9.06. The highest BCUT2D eigenvalue weighted by Gasteiger charge is 2.41. The Hall–Kier alpha value is -2.74. The average molecular weight is 492 g/mol. The van der Waals surface area contributed by atoms with Crippen LogP contribution in [0.1, 0.15) is 57.0 Å². The van der Waals surface area contributed by atoms with Gasteiger partial charge in [0.15, 0.2) is 0 Å². The first kappa shape index (κ1) is 26.5. The van der Waals surface area contributed by atoms with Crippen LogP contribution in [-0.4, -0.2) is 27.2 Å². The van der Waals surface area contributed by atoms with E-state index in [-0.39, 0.29) is 11.8 Å². The second-order valence-corrected chi connectivity index (χ2v) is 7.24. The molecule has 0 radical (unpaired) electrons. The number of benzene rings is 1. The molecule has 1 aromatic carbocycles. The third-order valence-electron chi connectivity index (χ3n) is 4.79. The topological polar surface area (TPSA) is 85.4 Å². The summed E-state index contributed by atoms with van der Waals surface area (Å²) in [5, 5.41) is 21.7. The van der Waals surface area contributed by atoms with Gasteiger partial charge in [0.05, 0.1) is 28.4 Å². The van der Waals surface area contributed by atoms with Crippen LogP contribution in [0.15, 0.2) is 18.2 Å². The van der Waals surface area contributed by atoms with E-state index in [2.05, 4.69) is 10.3 Å². The zero-order chi connectivity index (χ0) is 25.5. The Morgan fingerprint density at radius 3 is 1.85 bits per heavy atom. The number of nitrogens with one attached hydrogen (secondary N) is 2. The molecule has 1 aromatic heterocycles. The van der Waals surface area contributed by atoms with Crippen molar-refractivity contribution in [1.29, 1.82) is 0 Å². The van der Waals surface area contributed by atoms with Crippen LogP contribution in [0.3, 0.4) is 0 Å². The number of aromatic nitrogens is 1. The van der Waals surface area contributed by atoms with Gasteiger partial charge in [-0.15, -0.1) is 0 Å². The molecule has 5 nitrogen and oxygen atoms in total. The molecular weight excluding hydrogens is 475 g/mol. The number of hydrogen-bond donors (Lipinski definition) is 4. The maximum Gasteiger partial charge on any atom is 0.419 e. The van der Waals surface area contributed by atoms with Crippen LogP contribution in [-0.2, 0) is 25.1 Å². The third-order valence-corrected chi connectivity index (χ3v) is 4.79. The number of aromatic carboxylic acids is 1. The van der Waals surface area contributed by atoms with E-state index in [0.717, 1.165) is 13.8 Å².